The van der Waals surface area contributed by atoms with Gasteiger partial charge in [0, 0.05) is 36.5 Å². The van der Waals surface area contributed by atoms with Crippen molar-refractivity contribution >= 4 is 57.0 Å². The molecule has 0 unspecified atom stereocenters. The van der Waals surface area contributed by atoms with Gasteiger partial charge in [-0.1, -0.05) is 54.6 Å². The van der Waals surface area contributed by atoms with E-state index in [0.717, 1.165) is 75.9 Å². The molecule has 0 amide bonds. The van der Waals surface area contributed by atoms with Crippen LogP contribution in [0.15, 0.2) is 93.7 Å². The van der Waals surface area contributed by atoms with Crippen LogP contribution < -0.4 is 14.4 Å². The number of pyridine rings is 1. The van der Waals surface area contributed by atoms with Crippen LogP contribution in [0.2, 0.25) is 0 Å². The lowest BCUT2D eigenvalue weighted by Crippen LogP contribution is -2.41. The number of hydrogen-bond acceptors (Lipinski definition) is 5. The summed E-state index contributed by atoms with van der Waals surface area (Å²) in [5.74, 6) is 1.08. The van der Waals surface area contributed by atoms with E-state index < -0.39 is 10.0 Å². The second-order valence-corrected chi connectivity index (χ2v) is 14.4. The van der Waals surface area contributed by atoms with Crippen LogP contribution in [0.3, 0.4) is 0 Å². The van der Waals surface area contributed by atoms with Crippen LogP contribution in [-0.4, -0.2) is 71.3 Å². The lowest BCUT2D eigenvalue weighted by atomic mass is 10.1. The molecule has 2 aliphatic heterocycles. The van der Waals surface area contributed by atoms with Crippen molar-refractivity contribution in [1.82, 2.24) is 4.31 Å². The molecule has 0 spiro atoms. The first-order valence-electron chi connectivity index (χ1n) is 14.8. The Morgan fingerprint density at radius 3 is 2.47 bits per heavy atom. The van der Waals surface area contributed by atoms with Gasteiger partial charge in [-0.2, -0.15) is 8.87 Å². The van der Waals surface area contributed by atoms with Gasteiger partial charge in [0.25, 0.3) is 5.82 Å². The van der Waals surface area contributed by atoms with Gasteiger partial charge in [0.2, 0.25) is 10.0 Å². The molecule has 6 rings (SSSR count). The van der Waals surface area contributed by atoms with Crippen molar-refractivity contribution in [2.75, 3.05) is 57.1 Å². The number of benzene rings is 3. The molecule has 1 saturated heterocycles. The topological polar surface area (TPSA) is 50.8 Å². The molecule has 2 aliphatic rings. The van der Waals surface area contributed by atoms with Crippen molar-refractivity contribution in [3.8, 4) is 5.69 Å². The van der Waals surface area contributed by atoms with Crippen LogP contribution in [0.1, 0.15) is 24.8 Å². The summed E-state index contributed by atoms with van der Waals surface area (Å²) in [4.78, 5) is 5.78. The molecule has 1 fully saturated rings. The number of anilines is 2. The molecule has 222 valence electrons. The highest BCUT2D eigenvalue weighted by Gasteiger charge is 2.30. The average molecular weight is 614 g/mol. The molecule has 0 atom stereocenters. The van der Waals surface area contributed by atoms with Gasteiger partial charge in [0.15, 0.2) is 6.54 Å². The van der Waals surface area contributed by atoms with Crippen LogP contribution >= 0.6 is 11.8 Å². The van der Waals surface area contributed by atoms with Crippen LogP contribution in [0.4, 0.5) is 11.5 Å². The third kappa shape index (κ3) is 5.81. The summed E-state index contributed by atoms with van der Waals surface area (Å²) in [6.07, 6.45) is 5.17. The number of fused-ring (bicyclic) bond motifs is 2. The number of likely N-dealkylation sites (N-methyl/N-ethyl adjacent to an activating group) is 2. The maximum absolute atomic E-state index is 13.4. The SMILES string of the molecule is C=[N+](C)CCN(C)c1cc(C=C2Sc3cc(S(=O)(=O)N4CCCCC4)ccc3N2C)c2ccccc2[n+]1-c1ccccc1. The van der Waals surface area contributed by atoms with Gasteiger partial charge in [-0.05, 0) is 60.9 Å². The van der Waals surface area contributed by atoms with E-state index in [1.165, 1.54) is 0 Å². The van der Waals surface area contributed by atoms with Crippen LogP contribution in [0, 0.1) is 0 Å². The molecule has 3 heterocycles. The van der Waals surface area contributed by atoms with E-state index >= 15 is 0 Å². The minimum atomic E-state index is -3.50. The van der Waals surface area contributed by atoms with Crippen molar-refractivity contribution in [2.45, 2.75) is 29.1 Å². The van der Waals surface area contributed by atoms with E-state index in [0.29, 0.717) is 18.0 Å². The van der Waals surface area contributed by atoms with Crippen molar-refractivity contribution in [3.63, 3.8) is 0 Å². The second-order valence-electron chi connectivity index (χ2n) is 11.4. The molecule has 3 aromatic carbocycles. The van der Waals surface area contributed by atoms with Crippen molar-refractivity contribution < 1.29 is 17.6 Å². The largest absolute Gasteiger partial charge is 0.338 e. The first kappa shape index (κ1) is 29.4. The zero-order valence-electron chi connectivity index (χ0n) is 25.1. The summed E-state index contributed by atoms with van der Waals surface area (Å²) in [7, 11) is 2.67. The van der Waals surface area contributed by atoms with Crippen LogP contribution in [0.25, 0.3) is 22.7 Å². The third-order valence-corrected chi connectivity index (χ3v) is 11.3. The Balaban J connectivity index is 1.42. The predicted octanol–water partition coefficient (Wildman–Crippen LogP) is 5.61. The number of hydrogen-bond donors (Lipinski definition) is 0. The fourth-order valence-electron chi connectivity index (χ4n) is 5.83. The zero-order chi connectivity index (χ0) is 30.1. The summed E-state index contributed by atoms with van der Waals surface area (Å²) in [5.41, 5.74) is 4.34. The normalized spacial score (nSPS) is 16.5. The highest BCUT2D eigenvalue weighted by Crippen LogP contribution is 2.47. The molecule has 0 radical (unpaired) electrons. The second kappa shape index (κ2) is 12.1. The van der Waals surface area contributed by atoms with Crippen LogP contribution in [0.5, 0.6) is 0 Å². The summed E-state index contributed by atoms with van der Waals surface area (Å²) in [6, 6.07) is 26.8. The summed E-state index contributed by atoms with van der Waals surface area (Å²) in [5, 5.41) is 2.19. The molecule has 0 bridgehead atoms. The Bertz CT molecular complexity index is 1820. The number of para-hydroxylation sites is 2. The van der Waals surface area contributed by atoms with E-state index in [-0.39, 0.29) is 0 Å². The van der Waals surface area contributed by atoms with Gasteiger partial charge in [-0.15, -0.1) is 0 Å². The van der Waals surface area contributed by atoms with E-state index in [1.54, 1.807) is 22.1 Å². The molecule has 4 aromatic rings. The molecule has 0 aliphatic carbocycles. The number of aromatic nitrogens is 1. The quantitative estimate of drug-likeness (QED) is 0.191. The Hall–Kier alpha value is -3.66. The van der Waals surface area contributed by atoms with Gasteiger partial charge in [-0.3, -0.25) is 4.90 Å². The minimum absolute atomic E-state index is 0.378. The Labute approximate surface area is 259 Å². The van der Waals surface area contributed by atoms with E-state index in [4.69, 9.17) is 0 Å². The smallest absolute Gasteiger partial charge is 0.282 e. The number of sulfonamides is 1. The molecular weight excluding hydrogens is 575 g/mol. The molecule has 1 aromatic heterocycles. The van der Waals surface area contributed by atoms with Crippen LogP contribution in [-0.2, 0) is 10.0 Å². The maximum Gasteiger partial charge on any atom is 0.282 e. The lowest BCUT2D eigenvalue weighted by Gasteiger charge is -2.26. The van der Waals surface area contributed by atoms with E-state index in [9.17, 15) is 8.42 Å². The minimum Gasteiger partial charge on any atom is -0.338 e. The summed E-state index contributed by atoms with van der Waals surface area (Å²) in [6.45, 7) is 6.88. The first-order valence-corrected chi connectivity index (χ1v) is 17.0. The first-order chi connectivity index (χ1) is 20.7. The maximum atomic E-state index is 13.4. The van der Waals surface area contributed by atoms with E-state index in [2.05, 4.69) is 95.9 Å². The number of thioether (sulfide) groups is 1. The van der Waals surface area contributed by atoms with Gasteiger partial charge in [0.1, 0.15) is 31.5 Å². The highest BCUT2D eigenvalue weighted by atomic mass is 32.2. The average Bonchev–Trinajstić information content (AvgIpc) is 3.34. The summed E-state index contributed by atoms with van der Waals surface area (Å²) < 4.78 is 32.7. The third-order valence-electron chi connectivity index (χ3n) is 8.26. The molecule has 0 saturated carbocycles. The van der Waals surface area contributed by atoms with E-state index in [1.807, 2.05) is 29.8 Å². The van der Waals surface area contributed by atoms with Gasteiger partial charge in [0.05, 0.1) is 22.7 Å². The van der Waals surface area contributed by atoms with Crippen molar-refractivity contribution in [3.05, 3.63) is 89.5 Å². The Morgan fingerprint density at radius 2 is 1.72 bits per heavy atom. The fraction of sp³-hybridized carbons (Fsp3) is 0.294. The lowest BCUT2D eigenvalue weighted by molar-refractivity contribution is -0.554. The number of rotatable bonds is 8. The molecule has 0 N–H and O–H groups in total. The highest BCUT2D eigenvalue weighted by molar-refractivity contribution is 8.04. The Morgan fingerprint density at radius 1 is 1.00 bits per heavy atom. The molecular formula is C34H39N5O2S2+2. The summed E-state index contributed by atoms with van der Waals surface area (Å²) >= 11 is 1.62. The van der Waals surface area contributed by atoms with Gasteiger partial charge in [-0.25, -0.2) is 13.0 Å². The number of nitrogens with zero attached hydrogens (tertiary/aromatic N) is 5. The molecule has 43 heavy (non-hydrogen) atoms. The zero-order valence-corrected chi connectivity index (χ0v) is 26.7. The van der Waals surface area contributed by atoms with Gasteiger partial charge >= 0.3 is 0 Å². The Kier molecular flexibility index (Phi) is 8.31. The monoisotopic (exact) mass is 613 g/mol. The molecule has 7 nitrogen and oxygen atoms in total. The number of piperidine rings is 1. The standard InChI is InChI=1S/C34H39N5O2S2/c1-35(2)21-22-36(3)33-23-26(29-15-9-10-16-30(29)39(33)27-13-7-5-8-14-27)24-34-37(4)31-18-17-28(25-32(31)42-34)43(40,41)38-19-11-6-12-20-38/h5,7-10,13-18,23-25H,1,6,11-12,19-22H2,2-4H3/q+2. The van der Waals surface area contributed by atoms with Crippen molar-refractivity contribution in [2.24, 2.45) is 0 Å². The van der Waals surface area contributed by atoms with Crippen molar-refractivity contribution in [1.29, 1.82) is 0 Å². The fourth-order valence-corrected chi connectivity index (χ4v) is 8.59. The molecule has 9 heteroatoms. The predicted molar refractivity (Wildman–Crippen MR) is 178 cm³/mol. The van der Waals surface area contributed by atoms with Gasteiger partial charge < -0.3 is 4.90 Å².